The van der Waals surface area contributed by atoms with E-state index in [2.05, 4.69) is 11.6 Å². The third-order valence-electron chi connectivity index (χ3n) is 0.633. The molecule has 0 aromatic carbocycles. The van der Waals surface area contributed by atoms with Crippen LogP contribution in [0.25, 0.3) is 0 Å². The molecule has 0 aliphatic heterocycles. The fourth-order valence-corrected chi connectivity index (χ4v) is 0.260. The van der Waals surface area contributed by atoms with Gasteiger partial charge in [-0.25, -0.2) is 4.99 Å². The van der Waals surface area contributed by atoms with Crippen molar-refractivity contribution < 1.29 is 5.11 Å². The molecule has 0 aromatic rings. The van der Waals surface area contributed by atoms with Gasteiger partial charge in [-0.05, 0) is 13.0 Å². The molecule has 1 N–H and O–H groups in total. The minimum atomic E-state index is 0.0804. The molecule has 0 aliphatic rings. The van der Waals surface area contributed by atoms with Gasteiger partial charge < -0.3 is 5.11 Å². The van der Waals surface area contributed by atoms with Crippen molar-refractivity contribution in [2.24, 2.45) is 4.99 Å². The lowest BCUT2D eigenvalue weighted by atomic mass is 10.5. The Balaban J connectivity index is 3.86. The first-order valence-electron chi connectivity index (χ1n) is 2.40. The summed E-state index contributed by atoms with van der Waals surface area (Å²) in [6.07, 6.45) is 2.73. The lowest BCUT2D eigenvalue weighted by Crippen LogP contribution is -1.78. The van der Waals surface area contributed by atoms with Crippen LogP contribution in [0.2, 0.25) is 0 Å². The number of aliphatic hydroxyl groups is 1. The third-order valence-corrected chi connectivity index (χ3v) is 0.730. The Bertz CT molecular complexity index is 160. The van der Waals surface area contributed by atoms with Gasteiger partial charge in [0.1, 0.15) is 10.9 Å². The molecule has 0 fully saturated rings. The quantitative estimate of drug-likeness (QED) is 0.361. The van der Waals surface area contributed by atoms with E-state index in [1.807, 2.05) is 0 Å². The molecule has 2 nitrogen and oxygen atoms in total. The molecule has 0 unspecified atom stereocenters. The molecule has 0 bridgehead atoms. The third kappa shape index (κ3) is 5.11. The van der Waals surface area contributed by atoms with E-state index in [1.165, 1.54) is 12.3 Å². The van der Waals surface area contributed by atoms with Crippen LogP contribution in [0.5, 0.6) is 0 Å². The minimum Gasteiger partial charge on any atom is -0.507 e. The summed E-state index contributed by atoms with van der Waals surface area (Å²) in [5.74, 6) is 0.0804. The smallest absolute Gasteiger partial charge is 0.129 e. The summed E-state index contributed by atoms with van der Waals surface area (Å²) in [6, 6.07) is 0. The molecule has 0 radical (unpaired) electrons. The molecule has 0 saturated heterocycles. The minimum absolute atomic E-state index is 0.0804. The van der Waals surface area contributed by atoms with Crippen LogP contribution in [0, 0.1) is 0 Å². The zero-order valence-corrected chi connectivity index (χ0v) is 5.89. The molecule has 0 rings (SSSR count). The van der Waals surface area contributed by atoms with Crippen LogP contribution in [-0.2, 0) is 0 Å². The Morgan fingerprint density at radius 1 is 1.78 bits per heavy atom. The van der Waals surface area contributed by atoms with Crippen molar-refractivity contribution in [3.8, 4) is 0 Å². The Morgan fingerprint density at radius 2 is 2.33 bits per heavy atom. The number of rotatable bonds is 2. The van der Waals surface area contributed by atoms with E-state index in [4.69, 9.17) is 16.7 Å². The van der Waals surface area contributed by atoms with Crippen molar-refractivity contribution in [3.05, 3.63) is 23.6 Å². The van der Waals surface area contributed by atoms with Crippen LogP contribution in [0.3, 0.4) is 0 Å². The van der Waals surface area contributed by atoms with Crippen LogP contribution in [-0.4, -0.2) is 11.3 Å². The highest BCUT2D eigenvalue weighted by atomic mass is 35.5. The van der Waals surface area contributed by atoms with Gasteiger partial charge in [0.2, 0.25) is 0 Å². The van der Waals surface area contributed by atoms with E-state index in [-0.39, 0.29) is 10.9 Å². The number of nitrogens with zero attached hydrogens (tertiary/aromatic N) is 1. The number of hydrogen-bond donors (Lipinski definition) is 1. The second-order valence-corrected chi connectivity index (χ2v) is 1.78. The number of allylic oxidation sites excluding steroid dienone is 2. The van der Waals surface area contributed by atoms with Crippen LogP contribution in [0.4, 0.5) is 0 Å². The molecule has 0 aliphatic carbocycles. The van der Waals surface area contributed by atoms with Crippen molar-refractivity contribution in [3.63, 3.8) is 0 Å². The average Bonchev–Trinajstić information content (AvgIpc) is 1.83. The molecule has 0 saturated carbocycles. The van der Waals surface area contributed by atoms with Gasteiger partial charge in [0, 0.05) is 0 Å². The standard InChI is InChI=1S/C6H8ClNO/c1-3-6(9)4-8-5(2)7/h3-4,9H,2H2,1H3/b6-3+,8-4-. The van der Waals surface area contributed by atoms with Gasteiger partial charge in [0.05, 0.1) is 6.21 Å². The van der Waals surface area contributed by atoms with E-state index in [0.29, 0.717) is 0 Å². The molecule has 0 heterocycles. The lowest BCUT2D eigenvalue weighted by molar-refractivity contribution is 0.445. The summed E-state index contributed by atoms with van der Waals surface area (Å²) in [6.45, 7) is 4.98. The predicted octanol–water partition coefficient (Wildman–Crippen LogP) is 2.23. The number of hydrogen-bond acceptors (Lipinski definition) is 2. The van der Waals surface area contributed by atoms with Gasteiger partial charge in [-0.15, -0.1) is 0 Å². The monoisotopic (exact) mass is 145 g/mol. The molecule has 9 heavy (non-hydrogen) atoms. The van der Waals surface area contributed by atoms with Gasteiger partial charge in [0.25, 0.3) is 0 Å². The zero-order valence-electron chi connectivity index (χ0n) is 5.13. The summed E-state index contributed by atoms with van der Waals surface area (Å²) < 4.78 is 0. The average molecular weight is 146 g/mol. The molecule has 0 spiro atoms. The fraction of sp³-hybridized carbons (Fsp3) is 0.167. The highest BCUT2D eigenvalue weighted by Crippen LogP contribution is 1.96. The largest absolute Gasteiger partial charge is 0.507 e. The maximum Gasteiger partial charge on any atom is 0.129 e. The van der Waals surface area contributed by atoms with Crippen LogP contribution < -0.4 is 0 Å². The Morgan fingerprint density at radius 3 is 2.67 bits per heavy atom. The second kappa shape index (κ2) is 4.15. The molecule has 0 aromatic heterocycles. The van der Waals surface area contributed by atoms with Gasteiger partial charge in [0.15, 0.2) is 0 Å². The highest BCUT2D eigenvalue weighted by Gasteiger charge is 1.80. The number of aliphatic hydroxyl groups excluding tert-OH is 1. The van der Waals surface area contributed by atoms with E-state index in [9.17, 15) is 0 Å². The SMILES string of the molecule is C=C(Cl)/N=C\C(O)=C/C. The Kier molecular flexibility index (Phi) is 3.80. The molecular weight excluding hydrogens is 138 g/mol. The Hall–Kier alpha value is -0.760. The Labute approximate surface area is 59.2 Å². The molecule has 0 atom stereocenters. The van der Waals surface area contributed by atoms with Crippen molar-refractivity contribution in [2.45, 2.75) is 6.92 Å². The van der Waals surface area contributed by atoms with Gasteiger partial charge >= 0.3 is 0 Å². The van der Waals surface area contributed by atoms with Crippen molar-refractivity contribution in [1.82, 2.24) is 0 Å². The normalized spacial score (nSPS) is 12.4. The van der Waals surface area contributed by atoms with Crippen molar-refractivity contribution in [1.29, 1.82) is 0 Å². The number of halogens is 1. The second-order valence-electron chi connectivity index (χ2n) is 1.35. The summed E-state index contributed by atoms with van der Waals surface area (Å²) in [5.41, 5.74) is 0. The first kappa shape index (κ1) is 8.24. The molecule has 50 valence electrons. The van der Waals surface area contributed by atoms with Crippen LogP contribution in [0.15, 0.2) is 28.6 Å². The van der Waals surface area contributed by atoms with E-state index in [1.54, 1.807) is 6.92 Å². The lowest BCUT2D eigenvalue weighted by Gasteiger charge is -1.84. The molecule has 0 amide bonds. The maximum atomic E-state index is 8.72. The van der Waals surface area contributed by atoms with E-state index < -0.39 is 0 Å². The summed E-state index contributed by atoms with van der Waals surface area (Å²) >= 11 is 5.25. The van der Waals surface area contributed by atoms with Crippen LogP contribution >= 0.6 is 11.6 Å². The zero-order chi connectivity index (χ0) is 7.28. The first-order valence-corrected chi connectivity index (χ1v) is 2.78. The van der Waals surface area contributed by atoms with Gasteiger partial charge in [-0.1, -0.05) is 18.2 Å². The fourth-order valence-electron chi connectivity index (χ4n) is 0.211. The van der Waals surface area contributed by atoms with Crippen molar-refractivity contribution >= 4 is 17.8 Å². The van der Waals surface area contributed by atoms with Crippen molar-refractivity contribution in [2.75, 3.05) is 0 Å². The summed E-state index contributed by atoms with van der Waals surface area (Å²) in [5, 5.41) is 8.87. The predicted molar refractivity (Wildman–Crippen MR) is 39.9 cm³/mol. The summed E-state index contributed by atoms with van der Waals surface area (Å²) in [4.78, 5) is 3.52. The van der Waals surface area contributed by atoms with Gasteiger partial charge in [-0.3, -0.25) is 0 Å². The highest BCUT2D eigenvalue weighted by molar-refractivity contribution is 6.29. The molecular formula is C6H8ClNO. The van der Waals surface area contributed by atoms with E-state index in [0.717, 1.165) is 0 Å². The topological polar surface area (TPSA) is 32.6 Å². The number of aliphatic imine (C=N–C) groups is 1. The first-order chi connectivity index (χ1) is 4.16. The van der Waals surface area contributed by atoms with E-state index >= 15 is 0 Å². The summed E-state index contributed by atoms with van der Waals surface area (Å²) in [7, 11) is 0. The molecule has 3 heteroatoms. The van der Waals surface area contributed by atoms with Crippen LogP contribution in [0.1, 0.15) is 6.92 Å². The maximum absolute atomic E-state index is 8.72. The van der Waals surface area contributed by atoms with Gasteiger partial charge in [-0.2, -0.15) is 0 Å².